The first-order valence-corrected chi connectivity index (χ1v) is 21.0. The minimum absolute atomic E-state index is 0.0757. The van der Waals surface area contributed by atoms with Crippen molar-refractivity contribution in [1.82, 2.24) is 4.90 Å². The number of benzene rings is 3. The molecule has 1 fully saturated rings. The molecular formula is C37H47NO7SSi. The molecule has 3 aromatic carbocycles. The molecule has 0 bridgehead atoms. The molecular weight excluding hydrogens is 631 g/mol. The van der Waals surface area contributed by atoms with Gasteiger partial charge in [-0.1, -0.05) is 56.0 Å². The van der Waals surface area contributed by atoms with Crippen LogP contribution in [0.5, 0.6) is 11.5 Å². The molecule has 8 nitrogen and oxygen atoms in total. The number of rotatable bonds is 17. The summed E-state index contributed by atoms with van der Waals surface area (Å²) in [5, 5.41) is 13.9. The Kier molecular flexibility index (Phi) is 12.7. The molecule has 2 heterocycles. The maximum atomic E-state index is 11.8. The number of carboxylic acid groups (broad SMARTS) is 1. The summed E-state index contributed by atoms with van der Waals surface area (Å²) in [5.41, 5.74) is 2.15. The van der Waals surface area contributed by atoms with Gasteiger partial charge in [0.25, 0.3) is 0 Å². The Bertz CT molecular complexity index is 1540. The topological polar surface area (TPSA) is 86.7 Å². The first-order valence-electron chi connectivity index (χ1n) is 16.4. The van der Waals surface area contributed by atoms with E-state index >= 15 is 0 Å². The lowest BCUT2D eigenvalue weighted by Crippen LogP contribution is -2.46. The molecule has 0 radical (unpaired) electrons. The molecule has 1 aliphatic heterocycles. The van der Waals surface area contributed by atoms with E-state index in [0.29, 0.717) is 45.9 Å². The molecule has 252 valence electrons. The number of fused-ring (bicyclic) bond motifs is 1. The van der Waals surface area contributed by atoms with Gasteiger partial charge in [0.05, 0.1) is 39.1 Å². The average molecular weight is 678 g/mol. The van der Waals surface area contributed by atoms with Crippen molar-refractivity contribution in [1.29, 1.82) is 0 Å². The summed E-state index contributed by atoms with van der Waals surface area (Å²) >= 11 is 1.70. The van der Waals surface area contributed by atoms with Crippen LogP contribution in [0, 0.1) is 0 Å². The van der Waals surface area contributed by atoms with Gasteiger partial charge in [-0.25, -0.2) is 4.79 Å². The Morgan fingerprint density at radius 3 is 2.47 bits per heavy atom. The maximum Gasteiger partial charge on any atom is 0.407 e. The number of amides is 1. The molecule has 1 aliphatic rings. The van der Waals surface area contributed by atoms with E-state index in [1.165, 1.54) is 9.78 Å². The Morgan fingerprint density at radius 2 is 1.70 bits per heavy atom. The molecule has 1 amide bonds. The molecule has 0 saturated carbocycles. The van der Waals surface area contributed by atoms with Gasteiger partial charge >= 0.3 is 6.09 Å². The predicted molar refractivity (Wildman–Crippen MR) is 190 cm³/mol. The summed E-state index contributed by atoms with van der Waals surface area (Å²) in [6.07, 6.45) is 0.318. The van der Waals surface area contributed by atoms with Gasteiger partial charge in [0.2, 0.25) is 0 Å². The first-order chi connectivity index (χ1) is 22.7. The number of thiophene rings is 1. The van der Waals surface area contributed by atoms with Gasteiger partial charge in [-0.2, -0.15) is 0 Å². The van der Waals surface area contributed by atoms with Crippen molar-refractivity contribution in [3.63, 3.8) is 0 Å². The molecule has 47 heavy (non-hydrogen) atoms. The third-order valence-corrected chi connectivity index (χ3v) is 10.9. The van der Waals surface area contributed by atoms with E-state index in [-0.39, 0.29) is 18.8 Å². The average Bonchev–Trinajstić information content (AvgIpc) is 3.58. The number of ether oxygens (including phenoxy) is 5. The van der Waals surface area contributed by atoms with E-state index in [9.17, 15) is 9.90 Å². The van der Waals surface area contributed by atoms with Crippen LogP contribution in [0.3, 0.4) is 0 Å². The highest BCUT2D eigenvalue weighted by Crippen LogP contribution is 2.33. The minimum atomic E-state index is -1.13. The summed E-state index contributed by atoms with van der Waals surface area (Å²) in [6.45, 7) is 11.0. The van der Waals surface area contributed by atoms with Crippen molar-refractivity contribution in [2.75, 3.05) is 39.7 Å². The van der Waals surface area contributed by atoms with Crippen LogP contribution in [0.15, 0.2) is 78.2 Å². The fourth-order valence-corrected chi connectivity index (χ4v) is 6.97. The summed E-state index contributed by atoms with van der Waals surface area (Å²) in [7, 11) is -1.13. The zero-order valence-electron chi connectivity index (χ0n) is 27.7. The van der Waals surface area contributed by atoms with E-state index in [1.807, 2.05) is 36.4 Å². The Labute approximate surface area is 283 Å². The number of piperidine rings is 1. The summed E-state index contributed by atoms with van der Waals surface area (Å²) < 4.78 is 29.7. The van der Waals surface area contributed by atoms with Crippen molar-refractivity contribution >= 4 is 36.3 Å². The summed E-state index contributed by atoms with van der Waals surface area (Å²) in [4.78, 5) is 14.5. The SMILES string of the molecule is C[Si](C)(C)CCOCOc1ccc2ccc(COC3CN(C(=O)O)CCC3c3ccc(OCCCOCc4cccs4)cc3)cc2c1. The highest BCUT2D eigenvalue weighted by Gasteiger charge is 2.33. The normalized spacial score (nSPS) is 16.8. The van der Waals surface area contributed by atoms with Gasteiger partial charge in [0.1, 0.15) is 11.5 Å². The van der Waals surface area contributed by atoms with Gasteiger partial charge in [-0.15, -0.1) is 11.3 Å². The molecule has 0 spiro atoms. The van der Waals surface area contributed by atoms with Gasteiger partial charge in [-0.3, -0.25) is 0 Å². The Hall–Kier alpha value is -3.41. The third-order valence-electron chi connectivity index (χ3n) is 8.31. The number of likely N-dealkylation sites (tertiary alicyclic amines) is 1. The Morgan fingerprint density at radius 1 is 0.894 bits per heavy atom. The van der Waals surface area contributed by atoms with Crippen molar-refractivity contribution in [3.05, 3.63) is 94.2 Å². The van der Waals surface area contributed by atoms with Crippen molar-refractivity contribution in [3.8, 4) is 11.5 Å². The lowest BCUT2D eigenvalue weighted by molar-refractivity contribution is -0.0199. The third kappa shape index (κ3) is 11.1. The number of nitrogens with zero attached hydrogens (tertiary/aromatic N) is 1. The monoisotopic (exact) mass is 677 g/mol. The van der Waals surface area contributed by atoms with E-state index in [4.69, 9.17) is 23.7 Å². The number of carbonyl (C=O) groups is 1. The van der Waals surface area contributed by atoms with Crippen molar-refractivity contribution in [2.24, 2.45) is 0 Å². The second-order valence-electron chi connectivity index (χ2n) is 13.2. The fraction of sp³-hybridized carbons (Fsp3) is 0.432. The molecule has 0 aliphatic carbocycles. The molecule has 1 aromatic heterocycles. The lowest BCUT2D eigenvalue weighted by Gasteiger charge is -2.37. The van der Waals surface area contributed by atoms with Gasteiger partial charge in [-0.05, 0) is 76.1 Å². The molecule has 1 saturated heterocycles. The van der Waals surface area contributed by atoms with Gasteiger partial charge < -0.3 is 33.7 Å². The van der Waals surface area contributed by atoms with Crippen LogP contribution in [0.1, 0.15) is 34.8 Å². The van der Waals surface area contributed by atoms with Crippen LogP contribution < -0.4 is 9.47 Å². The van der Waals surface area contributed by atoms with Crippen LogP contribution >= 0.6 is 11.3 Å². The quantitative estimate of drug-likeness (QED) is 0.0680. The fourth-order valence-electron chi connectivity index (χ4n) is 5.57. The largest absolute Gasteiger partial charge is 0.494 e. The molecule has 1 N–H and O–H groups in total. The predicted octanol–water partition coefficient (Wildman–Crippen LogP) is 8.63. The molecule has 10 heteroatoms. The van der Waals surface area contributed by atoms with Crippen LogP contribution in [0.25, 0.3) is 10.8 Å². The molecule has 2 unspecified atom stereocenters. The highest BCUT2D eigenvalue weighted by atomic mass is 32.1. The highest BCUT2D eigenvalue weighted by molar-refractivity contribution is 7.09. The smallest absolute Gasteiger partial charge is 0.407 e. The van der Waals surface area contributed by atoms with Crippen LogP contribution in [-0.2, 0) is 27.4 Å². The zero-order valence-corrected chi connectivity index (χ0v) is 29.5. The second-order valence-corrected chi connectivity index (χ2v) is 19.9. The second kappa shape index (κ2) is 17.1. The first kappa shape index (κ1) is 34.9. The zero-order chi connectivity index (χ0) is 33.1. The molecule has 4 aromatic rings. The molecule has 2 atom stereocenters. The Balaban J connectivity index is 1.14. The minimum Gasteiger partial charge on any atom is -0.494 e. The van der Waals surface area contributed by atoms with E-state index < -0.39 is 14.2 Å². The van der Waals surface area contributed by atoms with Gasteiger partial charge in [0.15, 0.2) is 6.79 Å². The molecule has 5 rings (SSSR count). The summed E-state index contributed by atoms with van der Waals surface area (Å²) in [6, 6.07) is 25.6. The number of hydrogen-bond acceptors (Lipinski definition) is 7. The lowest BCUT2D eigenvalue weighted by atomic mass is 9.87. The van der Waals surface area contributed by atoms with E-state index in [0.717, 1.165) is 52.5 Å². The number of hydrogen-bond donors (Lipinski definition) is 1. The van der Waals surface area contributed by atoms with Gasteiger partial charge in [0, 0.05) is 38.4 Å². The van der Waals surface area contributed by atoms with Crippen LogP contribution in [-0.4, -0.2) is 70.0 Å². The van der Waals surface area contributed by atoms with E-state index in [2.05, 4.69) is 61.4 Å². The maximum absolute atomic E-state index is 11.8. The standard InChI is InChI=1S/C37H47NO7SSi/c1-47(2,3)21-19-42-27-45-33-14-9-29-8-7-28(22-31(29)23-33)25-44-36-24-38(37(39)40)16-15-35(36)30-10-12-32(13-11-30)43-18-5-17-41-26-34-6-4-20-46-34/h4,6-14,20,22-23,35-36H,5,15-19,21,24-27H2,1-3H3,(H,39,40). The van der Waals surface area contributed by atoms with Crippen LogP contribution in [0.2, 0.25) is 25.7 Å². The summed E-state index contributed by atoms with van der Waals surface area (Å²) in [5.74, 6) is 1.65. The van der Waals surface area contributed by atoms with Crippen molar-refractivity contribution < 1.29 is 33.6 Å². The van der Waals surface area contributed by atoms with E-state index in [1.54, 1.807) is 11.3 Å². The van der Waals surface area contributed by atoms with Crippen molar-refractivity contribution in [2.45, 2.75) is 63.8 Å². The van der Waals surface area contributed by atoms with Crippen LogP contribution in [0.4, 0.5) is 4.79 Å².